The number of piperidine rings is 1. The second kappa shape index (κ2) is 6.46. The zero-order valence-electron chi connectivity index (χ0n) is 12.8. The molecule has 0 aromatic carbocycles. The van der Waals surface area contributed by atoms with Crippen molar-refractivity contribution in [2.45, 2.75) is 51.5 Å². The number of carbonyl (C=O) groups is 1. The van der Waals surface area contributed by atoms with Crippen molar-refractivity contribution >= 4 is 11.7 Å². The van der Waals surface area contributed by atoms with Crippen molar-refractivity contribution in [2.24, 2.45) is 5.92 Å². The van der Waals surface area contributed by atoms with E-state index in [2.05, 4.69) is 15.2 Å². The van der Waals surface area contributed by atoms with E-state index < -0.39 is 0 Å². The standard InChI is InChI=1S/C17H25N3O/c1-2-18-16-14(9-5-11-19-16)17(21)20-12-6-8-13-7-3-4-10-15(13)20/h5,9,11,13,15H,2-4,6-8,10,12H2,1H3,(H,18,19). The maximum absolute atomic E-state index is 13.0. The molecular weight excluding hydrogens is 262 g/mol. The highest BCUT2D eigenvalue weighted by Crippen LogP contribution is 2.36. The van der Waals surface area contributed by atoms with Crippen LogP contribution < -0.4 is 5.32 Å². The van der Waals surface area contributed by atoms with Crippen LogP contribution in [0.25, 0.3) is 0 Å². The monoisotopic (exact) mass is 287 g/mol. The van der Waals surface area contributed by atoms with E-state index in [1.54, 1.807) is 6.20 Å². The van der Waals surface area contributed by atoms with Gasteiger partial charge in [-0.25, -0.2) is 4.98 Å². The van der Waals surface area contributed by atoms with Crippen LogP contribution in [0, 0.1) is 5.92 Å². The number of amides is 1. The second-order valence-electron chi connectivity index (χ2n) is 6.18. The minimum atomic E-state index is 0.163. The fraction of sp³-hybridized carbons (Fsp3) is 0.647. The lowest BCUT2D eigenvalue weighted by molar-refractivity contribution is 0.0391. The molecule has 1 N–H and O–H groups in total. The molecule has 0 bridgehead atoms. The van der Waals surface area contributed by atoms with Crippen LogP contribution in [0.3, 0.4) is 0 Å². The highest BCUT2D eigenvalue weighted by Gasteiger charge is 2.36. The van der Waals surface area contributed by atoms with Crippen LogP contribution >= 0.6 is 0 Å². The Hall–Kier alpha value is -1.58. The predicted octanol–water partition coefficient (Wildman–Crippen LogP) is 3.31. The van der Waals surface area contributed by atoms with E-state index in [-0.39, 0.29) is 5.91 Å². The van der Waals surface area contributed by atoms with Crippen LogP contribution in [0.5, 0.6) is 0 Å². The van der Waals surface area contributed by atoms with Gasteiger partial charge in [0.2, 0.25) is 0 Å². The molecule has 2 fully saturated rings. The summed E-state index contributed by atoms with van der Waals surface area (Å²) >= 11 is 0. The molecule has 4 nitrogen and oxygen atoms in total. The normalized spacial score (nSPS) is 25.3. The van der Waals surface area contributed by atoms with Crippen molar-refractivity contribution in [1.29, 1.82) is 0 Å². The van der Waals surface area contributed by atoms with Gasteiger partial charge >= 0.3 is 0 Å². The molecule has 1 aromatic heterocycles. The molecule has 21 heavy (non-hydrogen) atoms. The molecule has 1 aliphatic heterocycles. The first-order valence-electron chi connectivity index (χ1n) is 8.31. The molecule has 4 heteroatoms. The van der Waals surface area contributed by atoms with E-state index >= 15 is 0 Å². The number of likely N-dealkylation sites (tertiary alicyclic amines) is 1. The highest BCUT2D eigenvalue weighted by atomic mass is 16.2. The molecule has 2 aliphatic rings. The van der Waals surface area contributed by atoms with Gasteiger partial charge in [0.05, 0.1) is 5.56 Å². The molecule has 1 amide bonds. The first-order chi connectivity index (χ1) is 10.3. The summed E-state index contributed by atoms with van der Waals surface area (Å²) in [6.45, 7) is 3.71. The molecule has 2 heterocycles. The minimum absolute atomic E-state index is 0.163. The molecule has 1 aromatic rings. The van der Waals surface area contributed by atoms with Crippen LogP contribution in [-0.4, -0.2) is 34.9 Å². The van der Waals surface area contributed by atoms with E-state index in [9.17, 15) is 4.79 Å². The van der Waals surface area contributed by atoms with E-state index in [0.29, 0.717) is 6.04 Å². The van der Waals surface area contributed by atoms with Gasteiger partial charge in [0.1, 0.15) is 5.82 Å². The number of fused-ring (bicyclic) bond motifs is 1. The van der Waals surface area contributed by atoms with Crippen LogP contribution in [-0.2, 0) is 0 Å². The van der Waals surface area contributed by atoms with E-state index in [1.165, 1.54) is 32.1 Å². The van der Waals surface area contributed by atoms with Gasteiger partial charge in [0, 0.05) is 25.3 Å². The third-order valence-corrected chi connectivity index (χ3v) is 4.89. The van der Waals surface area contributed by atoms with Gasteiger partial charge in [-0.2, -0.15) is 0 Å². The fourth-order valence-corrected chi connectivity index (χ4v) is 3.92. The summed E-state index contributed by atoms with van der Waals surface area (Å²) < 4.78 is 0. The molecule has 1 aliphatic carbocycles. The van der Waals surface area contributed by atoms with Crippen molar-refractivity contribution < 1.29 is 4.79 Å². The van der Waals surface area contributed by atoms with Crippen molar-refractivity contribution in [2.75, 3.05) is 18.4 Å². The summed E-state index contributed by atoms with van der Waals surface area (Å²) in [7, 11) is 0. The smallest absolute Gasteiger partial charge is 0.257 e. The number of nitrogens with zero attached hydrogens (tertiary/aromatic N) is 2. The van der Waals surface area contributed by atoms with Gasteiger partial charge in [0.25, 0.3) is 5.91 Å². The summed E-state index contributed by atoms with van der Waals surface area (Å²) in [6, 6.07) is 4.21. The molecular formula is C17H25N3O. The maximum Gasteiger partial charge on any atom is 0.257 e. The summed E-state index contributed by atoms with van der Waals surface area (Å²) in [5, 5.41) is 3.21. The van der Waals surface area contributed by atoms with Crippen LogP contribution in [0.4, 0.5) is 5.82 Å². The fourth-order valence-electron chi connectivity index (χ4n) is 3.92. The summed E-state index contributed by atoms with van der Waals surface area (Å²) in [4.78, 5) is 19.5. The van der Waals surface area contributed by atoms with Crippen molar-refractivity contribution in [3.63, 3.8) is 0 Å². The SMILES string of the molecule is CCNc1ncccc1C(=O)N1CCCC2CCCCC21. The Morgan fingerprint density at radius 1 is 1.33 bits per heavy atom. The lowest BCUT2D eigenvalue weighted by Crippen LogP contribution is -2.49. The predicted molar refractivity (Wildman–Crippen MR) is 84.4 cm³/mol. The van der Waals surface area contributed by atoms with Crippen LogP contribution in [0.15, 0.2) is 18.3 Å². The van der Waals surface area contributed by atoms with Gasteiger partial charge in [-0.1, -0.05) is 12.8 Å². The molecule has 1 saturated heterocycles. The Balaban J connectivity index is 1.83. The molecule has 114 valence electrons. The maximum atomic E-state index is 13.0. The topological polar surface area (TPSA) is 45.2 Å². The number of rotatable bonds is 3. The second-order valence-corrected chi connectivity index (χ2v) is 6.18. The lowest BCUT2D eigenvalue weighted by Gasteiger charge is -2.44. The highest BCUT2D eigenvalue weighted by molar-refractivity contribution is 5.99. The van der Waals surface area contributed by atoms with E-state index in [4.69, 9.17) is 0 Å². The molecule has 0 spiro atoms. The molecule has 1 saturated carbocycles. The largest absolute Gasteiger partial charge is 0.370 e. The first-order valence-corrected chi connectivity index (χ1v) is 8.31. The number of aromatic nitrogens is 1. The molecule has 3 rings (SSSR count). The van der Waals surface area contributed by atoms with Crippen molar-refractivity contribution in [3.8, 4) is 0 Å². The van der Waals surface area contributed by atoms with Crippen molar-refractivity contribution in [3.05, 3.63) is 23.9 Å². The van der Waals surface area contributed by atoms with Gasteiger partial charge in [0.15, 0.2) is 0 Å². The van der Waals surface area contributed by atoms with Gasteiger partial charge < -0.3 is 10.2 Å². The Kier molecular flexibility index (Phi) is 4.42. The number of pyridine rings is 1. The zero-order chi connectivity index (χ0) is 14.7. The van der Waals surface area contributed by atoms with E-state index in [1.807, 2.05) is 19.1 Å². The third-order valence-electron chi connectivity index (χ3n) is 4.89. The summed E-state index contributed by atoms with van der Waals surface area (Å²) in [5.41, 5.74) is 0.727. The van der Waals surface area contributed by atoms with Gasteiger partial charge in [-0.3, -0.25) is 4.79 Å². The Morgan fingerprint density at radius 2 is 2.14 bits per heavy atom. The van der Waals surface area contributed by atoms with Gasteiger partial charge in [-0.05, 0) is 50.7 Å². The molecule has 2 unspecified atom stereocenters. The number of hydrogen-bond acceptors (Lipinski definition) is 3. The van der Waals surface area contributed by atoms with E-state index in [0.717, 1.165) is 36.8 Å². The van der Waals surface area contributed by atoms with Gasteiger partial charge in [-0.15, -0.1) is 0 Å². The first kappa shape index (κ1) is 14.4. The average Bonchev–Trinajstić information content (AvgIpc) is 2.54. The number of carbonyl (C=O) groups excluding carboxylic acids is 1. The number of anilines is 1. The quantitative estimate of drug-likeness (QED) is 0.927. The third kappa shape index (κ3) is 2.89. The lowest BCUT2D eigenvalue weighted by atomic mass is 9.78. The molecule has 0 radical (unpaired) electrons. The zero-order valence-corrected chi connectivity index (χ0v) is 12.8. The summed E-state index contributed by atoms with van der Waals surface area (Å²) in [5.74, 6) is 1.61. The van der Waals surface area contributed by atoms with Crippen molar-refractivity contribution in [1.82, 2.24) is 9.88 Å². The summed E-state index contributed by atoms with van der Waals surface area (Å²) in [6.07, 6.45) is 9.24. The van der Waals surface area contributed by atoms with Crippen LogP contribution in [0.2, 0.25) is 0 Å². The Bertz CT molecular complexity index is 501. The average molecular weight is 287 g/mol. The Morgan fingerprint density at radius 3 is 3.00 bits per heavy atom. The van der Waals surface area contributed by atoms with Crippen LogP contribution in [0.1, 0.15) is 55.8 Å². The minimum Gasteiger partial charge on any atom is -0.370 e. The molecule has 2 atom stereocenters. The Labute approximate surface area is 126 Å². The number of nitrogens with one attached hydrogen (secondary N) is 1. The number of hydrogen-bond donors (Lipinski definition) is 1.